The third-order valence-corrected chi connectivity index (χ3v) is 3.72. The second-order valence-corrected chi connectivity index (χ2v) is 5.57. The molecule has 1 amide bonds. The van der Waals surface area contributed by atoms with Gasteiger partial charge >= 0.3 is 5.97 Å². The van der Waals surface area contributed by atoms with Gasteiger partial charge in [-0.1, -0.05) is 11.6 Å². The van der Waals surface area contributed by atoms with E-state index in [-0.39, 0.29) is 5.91 Å². The van der Waals surface area contributed by atoms with E-state index in [1.807, 2.05) is 6.92 Å². The fourth-order valence-electron chi connectivity index (χ4n) is 1.93. The van der Waals surface area contributed by atoms with Crippen LogP contribution in [0.5, 0.6) is 0 Å². The normalized spacial score (nSPS) is 12.1. The van der Waals surface area contributed by atoms with Crippen LogP contribution in [0, 0.1) is 6.92 Å². The Hall–Kier alpha value is -2.35. The first kappa shape index (κ1) is 17.0. The molecule has 0 aliphatic carbocycles. The number of carbonyl (C=O) groups excluding carboxylic acids is 1. The van der Waals surface area contributed by atoms with Crippen molar-refractivity contribution in [2.24, 2.45) is 0 Å². The van der Waals surface area contributed by atoms with Gasteiger partial charge in [0.2, 0.25) is 0 Å². The minimum Gasteiger partial charge on any atom is -0.480 e. The lowest BCUT2D eigenvalue weighted by atomic mass is 10.3. The average molecular weight is 340 g/mol. The molecule has 1 atom stereocenters. The minimum atomic E-state index is -1.01. The molecule has 9 heteroatoms. The molecule has 8 nitrogen and oxygen atoms in total. The molecule has 0 bridgehead atoms. The molecular formula is C14H18ClN5O3. The van der Waals surface area contributed by atoms with Crippen LogP contribution in [0.15, 0.2) is 18.6 Å². The Kier molecular flexibility index (Phi) is 5.38. The van der Waals surface area contributed by atoms with E-state index in [0.717, 1.165) is 5.69 Å². The van der Waals surface area contributed by atoms with Crippen LogP contribution in [0.1, 0.15) is 35.4 Å². The number of carboxylic acid groups (broad SMARTS) is 1. The van der Waals surface area contributed by atoms with E-state index in [1.165, 1.54) is 24.0 Å². The van der Waals surface area contributed by atoms with Crippen LogP contribution in [0.4, 0.5) is 0 Å². The molecule has 2 rings (SSSR count). The molecule has 0 fully saturated rings. The fraction of sp³-hybridized carbons (Fsp3) is 0.429. The van der Waals surface area contributed by atoms with Crippen molar-refractivity contribution in [1.29, 1.82) is 0 Å². The van der Waals surface area contributed by atoms with E-state index in [4.69, 9.17) is 16.7 Å². The number of aromatic nitrogens is 4. The van der Waals surface area contributed by atoms with Gasteiger partial charge in [-0.2, -0.15) is 10.2 Å². The first-order valence-corrected chi connectivity index (χ1v) is 7.51. The Bertz CT molecular complexity index is 690. The van der Waals surface area contributed by atoms with Crippen molar-refractivity contribution in [2.45, 2.75) is 32.9 Å². The van der Waals surface area contributed by atoms with Gasteiger partial charge < -0.3 is 10.4 Å². The van der Waals surface area contributed by atoms with Gasteiger partial charge in [-0.05, 0) is 20.3 Å². The van der Waals surface area contributed by atoms with E-state index < -0.39 is 12.0 Å². The molecule has 1 unspecified atom stereocenters. The average Bonchev–Trinajstić information content (AvgIpc) is 3.10. The largest absolute Gasteiger partial charge is 0.480 e. The number of hydrogen-bond acceptors (Lipinski definition) is 4. The van der Waals surface area contributed by atoms with Crippen molar-refractivity contribution in [2.75, 3.05) is 6.54 Å². The highest BCUT2D eigenvalue weighted by Crippen LogP contribution is 2.12. The number of nitrogens with zero attached hydrogens (tertiary/aromatic N) is 4. The second-order valence-electron chi connectivity index (χ2n) is 5.16. The SMILES string of the molecule is Cc1nn(CCCNC(=O)c2cnn(C(C)C(=O)O)c2)cc1Cl. The lowest BCUT2D eigenvalue weighted by Gasteiger charge is -2.05. The second kappa shape index (κ2) is 7.28. The highest BCUT2D eigenvalue weighted by atomic mass is 35.5. The highest BCUT2D eigenvalue weighted by molar-refractivity contribution is 6.31. The molecule has 2 aromatic rings. The summed E-state index contributed by atoms with van der Waals surface area (Å²) in [6, 6.07) is -0.815. The first-order valence-electron chi connectivity index (χ1n) is 7.13. The van der Waals surface area contributed by atoms with Crippen molar-refractivity contribution in [3.05, 3.63) is 34.9 Å². The number of carboxylic acids is 1. The lowest BCUT2D eigenvalue weighted by molar-refractivity contribution is -0.140. The van der Waals surface area contributed by atoms with Crippen LogP contribution in [-0.2, 0) is 11.3 Å². The molecule has 0 saturated carbocycles. The number of halogens is 1. The van der Waals surface area contributed by atoms with Crippen LogP contribution >= 0.6 is 11.6 Å². The van der Waals surface area contributed by atoms with Gasteiger partial charge in [0.1, 0.15) is 6.04 Å². The number of rotatable bonds is 7. The van der Waals surface area contributed by atoms with Gasteiger partial charge in [0.25, 0.3) is 5.91 Å². The van der Waals surface area contributed by atoms with Gasteiger partial charge in [-0.25, -0.2) is 4.79 Å². The number of aryl methyl sites for hydroxylation is 2. The van der Waals surface area contributed by atoms with Crippen molar-refractivity contribution in [3.8, 4) is 0 Å². The van der Waals surface area contributed by atoms with E-state index in [0.29, 0.717) is 30.1 Å². The molecule has 2 N–H and O–H groups in total. The van der Waals surface area contributed by atoms with Gasteiger partial charge in [-0.15, -0.1) is 0 Å². The molecule has 0 aliphatic heterocycles. The minimum absolute atomic E-state index is 0.288. The molecular weight excluding hydrogens is 322 g/mol. The third-order valence-electron chi connectivity index (χ3n) is 3.35. The zero-order chi connectivity index (χ0) is 17.0. The monoisotopic (exact) mass is 339 g/mol. The predicted octanol–water partition coefficient (Wildman–Crippen LogP) is 1.51. The molecule has 0 saturated heterocycles. The van der Waals surface area contributed by atoms with Gasteiger partial charge in [-0.3, -0.25) is 14.2 Å². The Morgan fingerprint density at radius 1 is 1.43 bits per heavy atom. The summed E-state index contributed by atoms with van der Waals surface area (Å²) in [6.45, 7) is 4.43. The van der Waals surface area contributed by atoms with E-state index in [2.05, 4.69) is 15.5 Å². The van der Waals surface area contributed by atoms with Gasteiger partial charge in [0, 0.05) is 25.5 Å². The Balaban J connectivity index is 1.80. The molecule has 124 valence electrons. The predicted molar refractivity (Wildman–Crippen MR) is 83.5 cm³/mol. The molecule has 0 radical (unpaired) electrons. The maximum atomic E-state index is 12.0. The van der Waals surface area contributed by atoms with Crippen molar-refractivity contribution >= 4 is 23.5 Å². The highest BCUT2D eigenvalue weighted by Gasteiger charge is 2.16. The zero-order valence-electron chi connectivity index (χ0n) is 12.9. The van der Waals surface area contributed by atoms with E-state index in [9.17, 15) is 9.59 Å². The summed E-state index contributed by atoms with van der Waals surface area (Å²) < 4.78 is 2.97. The standard InChI is InChI=1S/C14H18ClN5O3/c1-9-12(15)8-19(18-9)5-3-4-16-13(21)11-6-17-20(7-11)10(2)14(22)23/h6-8,10H,3-5H2,1-2H3,(H,16,21)(H,22,23). The number of hydrogen-bond donors (Lipinski definition) is 2. The van der Waals surface area contributed by atoms with Crippen molar-refractivity contribution in [3.63, 3.8) is 0 Å². The summed E-state index contributed by atoms with van der Waals surface area (Å²) in [5.74, 6) is -1.29. The number of amides is 1. The molecule has 0 aromatic carbocycles. The van der Waals surface area contributed by atoms with Gasteiger partial charge in [0.05, 0.1) is 22.5 Å². The zero-order valence-corrected chi connectivity index (χ0v) is 13.6. The van der Waals surface area contributed by atoms with E-state index >= 15 is 0 Å². The van der Waals surface area contributed by atoms with Crippen LogP contribution in [0.25, 0.3) is 0 Å². The Labute approximate surface area is 138 Å². The lowest BCUT2D eigenvalue weighted by Crippen LogP contribution is -2.25. The quantitative estimate of drug-likeness (QED) is 0.744. The van der Waals surface area contributed by atoms with Crippen molar-refractivity contribution in [1.82, 2.24) is 24.9 Å². The van der Waals surface area contributed by atoms with E-state index in [1.54, 1.807) is 10.9 Å². The fourth-order valence-corrected chi connectivity index (χ4v) is 2.08. The number of carbonyl (C=O) groups is 2. The topological polar surface area (TPSA) is 102 Å². The summed E-state index contributed by atoms with van der Waals surface area (Å²) in [7, 11) is 0. The van der Waals surface area contributed by atoms with Crippen LogP contribution < -0.4 is 5.32 Å². The maximum absolute atomic E-state index is 12.0. The Morgan fingerprint density at radius 3 is 2.78 bits per heavy atom. The molecule has 23 heavy (non-hydrogen) atoms. The van der Waals surface area contributed by atoms with Crippen LogP contribution in [-0.4, -0.2) is 43.1 Å². The summed E-state index contributed by atoms with van der Waals surface area (Å²) in [5.41, 5.74) is 1.10. The first-order chi connectivity index (χ1) is 10.9. The van der Waals surface area contributed by atoms with Gasteiger partial charge in [0.15, 0.2) is 0 Å². The summed E-state index contributed by atoms with van der Waals surface area (Å²) in [6.07, 6.45) is 5.22. The summed E-state index contributed by atoms with van der Waals surface area (Å²) in [4.78, 5) is 22.8. The number of nitrogens with one attached hydrogen (secondary N) is 1. The molecule has 0 spiro atoms. The third kappa shape index (κ3) is 4.32. The van der Waals surface area contributed by atoms with Crippen LogP contribution in [0.2, 0.25) is 5.02 Å². The van der Waals surface area contributed by atoms with Crippen LogP contribution in [0.3, 0.4) is 0 Å². The number of aliphatic carboxylic acids is 1. The molecule has 2 heterocycles. The molecule has 0 aliphatic rings. The summed E-state index contributed by atoms with van der Waals surface area (Å²) >= 11 is 5.92. The maximum Gasteiger partial charge on any atom is 0.328 e. The smallest absolute Gasteiger partial charge is 0.328 e. The van der Waals surface area contributed by atoms with Crippen molar-refractivity contribution < 1.29 is 14.7 Å². The molecule has 2 aromatic heterocycles. The summed E-state index contributed by atoms with van der Waals surface area (Å²) in [5, 5.41) is 20.4. The Morgan fingerprint density at radius 2 is 2.17 bits per heavy atom.